The van der Waals surface area contributed by atoms with Crippen LogP contribution in [0.4, 0.5) is 5.82 Å². The molecule has 0 spiro atoms. The zero-order valence-corrected chi connectivity index (χ0v) is 10.3. The molecule has 0 fully saturated rings. The summed E-state index contributed by atoms with van der Waals surface area (Å²) in [5.74, 6) is 0.785. The second-order valence-electron chi connectivity index (χ2n) is 4.31. The van der Waals surface area contributed by atoms with Gasteiger partial charge >= 0.3 is 0 Å². The van der Waals surface area contributed by atoms with Gasteiger partial charge in [-0.05, 0) is 18.2 Å². The Morgan fingerprint density at radius 3 is 2.60 bits per heavy atom. The standard InChI is InChI=1S/C11H16N2OSi/c1-15(2,3)11(7-9-14)13-10-6-4-5-8-12-10/h4-9H,1-3H3,(H,12,13). The third-order valence-corrected chi connectivity index (χ3v) is 3.88. The summed E-state index contributed by atoms with van der Waals surface area (Å²) in [6, 6.07) is 5.67. The molecule has 3 nitrogen and oxygen atoms in total. The lowest BCUT2D eigenvalue weighted by Crippen LogP contribution is -2.29. The van der Waals surface area contributed by atoms with Crippen LogP contribution in [0.3, 0.4) is 0 Å². The van der Waals surface area contributed by atoms with Crippen molar-refractivity contribution in [1.29, 1.82) is 0 Å². The molecule has 1 aromatic heterocycles. The lowest BCUT2D eigenvalue weighted by atomic mass is 10.5. The highest BCUT2D eigenvalue weighted by Crippen LogP contribution is 2.16. The number of hydrogen-bond acceptors (Lipinski definition) is 3. The van der Waals surface area contributed by atoms with Crippen molar-refractivity contribution < 1.29 is 4.79 Å². The van der Waals surface area contributed by atoms with Gasteiger partial charge in [0.15, 0.2) is 0 Å². The Hall–Kier alpha value is -1.42. The first-order valence-electron chi connectivity index (χ1n) is 4.88. The summed E-state index contributed by atoms with van der Waals surface area (Å²) in [4.78, 5) is 14.7. The van der Waals surface area contributed by atoms with Crippen molar-refractivity contribution in [3.05, 3.63) is 35.8 Å². The molecule has 1 heterocycles. The Bertz CT molecular complexity index is 355. The molecule has 0 bridgehead atoms. The molecular weight excluding hydrogens is 204 g/mol. The number of pyridine rings is 1. The van der Waals surface area contributed by atoms with Crippen molar-refractivity contribution >= 4 is 20.2 Å². The molecular formula is C11H16N2OSi. The van der Waals surface area contributed by atoms with E-state index in [-0.39, 0.29) is 0 Å². The maximum atomic E-state index is 10.5. The molecule has 0 aliphatic heterocycles. The summed E-state index contributed by atoms with van der Waals surface area (Å²) in [6.45, 7) is 6.54. The number of nitrogens with zero attached hydrogens (tertiary/aromatic N) is 1. The molecule has 0 unspecified atom stereocenters. The smallest absolute Gasteiger partial charge is 0.144 e. The molecule has 1 rings (SSSR count). The minimum atomic E-state index is -1.51. The monoisotopic (exact) mass is 220 g/mol. The van der Waals surface area contributed by atoms with Crippen LogP contribution >= 0.6 is 0 Å². The highest BCUT2D eigenvalue weighted by molar-refractivity contribution is 6.83. The van der Waals surface area contributed by atoms with E-state index in [0.717, 1.165) is 17.4 Å². The molecule has 4 heteroatoms. The van der Waals surface area contributed by atoms with Crippen molar-refractivity contribution in [3.63, 3.8) is 0 Å². The highest BCUT2D eigenvalue weighted by atomic mass is 28.3. The summed E-state index contributed by atoms with van der Waals surface area (Å²) >= 11 is 0. The van der Waals surface area contributed by atoms with Crippen LogP contribution in [0, 0.1) is 0 Å². The number of anilines is 1. The highest BCUT2D eigenvalue weighted by Gasteiger charge is 2.19. The Balaban J connectivity index is 2.86. The summed E-state index contributed by atoms with van der Waals surface area (Å²) in [7, 11) is -1.51. The van der Waals surface area contributed by atoms with Crippen LogP contribution in [0.1, 0.15) is 0 Å². The Kier molecular flexibility index (Phi) is 3.79. The third-order valence-electron chi connectivity index (χ3n) is 1.97. The van der Waals surface area contributed by atoms with Crippen LogP contribution in [0.5, 0.6) is 0 Å². The average Bonchev–Trinajstić information content (AvgIpc) is 2.17. The SMILES string of the molecule is C[Si](C)(C)C(=CC=O)Nc1ccccn1. The molecule has 15 heavy (non-hydrogen) atoms. The topological polar surface area (TPSA) is 42.0 Å². The first-order valence-corrected chi connectivity index (χ1v) is 8.38. The summed E-state index contributed by atoms with van der Waals surface area (Å²) in [5, 5.41) is 4.20. The van der Waals surface area contributed by atoms with E-state index < -0.39 is 8.07 Å². The van der Waals surface area contributed by atoms with Gasteiger partial charge in [0.05, 0.1) is 8.07 Å². The van der Waals surface area contributed by atoms with Gasteiger partial charge in [0.1, 0.15) is 12.1 Å². The first-order chi connectivity index (χ1) is 7.04. The van der Waals surface area contributed by atoms with Gasteiger partial charge in [0.25, 0.3) is 0 Å². The average molecular weight is 220 g/mol. The first kappa shape index (κ1) is 11.7. The molecule has 80 valence electrons. The fraction of sp³-hybridized carbons (Fsp3) is 0.273. The van der Waals surface area contributed by atoms with Gasteiger partial charge < -0.3 is 5.32 Å². The molecule has 0 aliphatic carbocycles. The van der Waals surface area contributed by atoms with Crippen LogP contribution in [-0.2, 0) is 4.79 Å². The number of carbonyl (C=O) groups excluding carboxylic acids is 1. The van der Waals surface area contributed by atoms with Crippen molar-refractivity contribution in [2.24, 2.45) is 0 Å². The quantitative estimate of drug-likeness (QED) is 0.481. The van der Waals surface area contributed by atoms with Gasteiger partial charge in [-0.3, -0.25) is 4.79 Å². The summed E-state index contributed by atoms with van der Waals surface area (Å²) < 4.78 is 0. The maximum absolute atomic E-state index is 10.5. The van der Waals surface area contributed by atoms with Crippen LogP contribution in [-0.4, -0.2) is 19.3 Å². The molecule has 0 aromatic carbocycles. The molecule has 0 saturated heterocycles. The van der Waals surface area contributed by atoms with Crippen LogP contribution in [0.15, 0.2) is 35.8 Å². The molecule has 1 aromatic rings. The minimum absolute atomic E-state index is 0.785. The van der Waals surface area contributed by atoms with E-state index in [4.69, 9.17) is 0 Å². The van der Waals surface area contributed by atoms with E-state index in [9.17, 15) is 4.79 Å². The zero-order valence-electron chi connectivity index (χ0n) is 9.32. The fourth-order valence-corrected chi connectivity index (χ4v) is 2.19. The van der Waals surface area contributed by atoms with Gasteiger partial charge in [0, 0.05) is 11.5 Å². The van der Waals surface area contributed by atoms with E-state index in [1.165, 1.54) is 0 Å². The summed E-state index contributed by atoms with van der Waals surface area (Å²) in [6.07, 6.45) is 4.15. The number of hydrogen-bond donors (Lipinski definition) is 1. The van der Waals surface area contributed by atoms with E-state index in [1.807, 2.05) is 18.2 Å². The van der Waals surface area contributed by atoms with Gasteiger partial charge in [-0.25, -0.2) is 4.98 Å². The Morgan fingerprint density at radius 1 is 1.40 bits per heavy atom. The molecule has 0 amide bonds. The lowest BCUT2D eigenvalue weighted by molar-refractivity contribution is -0.104. The molecule has 0 aliphatic rings. The normalized spacial score (nSPS) is 12.3. The van der Waals surface area contributed by atoms with Crippen molar-refractivity contribution in [2.75, 3.05) is 5.32 Å². The third kappa shape index (κ3) is 3.67. The van der Waals surface area contributed by atoms with Crippen molar-refractivity contribution in [1.82, 2.24) is 4.98 Å². The van der Waals surface area contributed by atoms with Gasteiger partial charge in [-0.15, -0.1) is 0 Å². The predicted octanol–water partition coefficient (Wildman–Crippen LogP) is 2.45. The zero-order chi connectivity index (χ0) is 11.3. The second kappa shape index (κ2) is 4.88. The Labute approximate surface area is 91.2 Å². The molecule has 0 radical (unpaired) electrons. The molecule has 1 N–H and O–H groups in total. The number of aldehydes is 1. The van der Waals surface area contributed by atoms with E-state index in [2.05, 4.69) is 29.9 Å². The van der Waals surface area contributed by atoms with Crippen molar-refractivity contribution in [2.45, 2.75) is 19.6 Å². The number of allylic oxidation sites excluding steroid dienone is 1. The van der Waals surface area contributed by atoms with Crippen LogP contribution in [0.2, 0.25) is 19.6 Å². The lowest BCUT2D eigenvalue weighted by Gasteiger charge is -2.21. The molecule has 0 atom stereocenters. The van der Waals surface area contributed by atoms with E-state index in [1.54, 1.807) is 12.3 Å². The van der Waals surface area contributed by atoms with Gasteiger partial charge in [0.2, 0.25) is 0 Å². The van der Waals surface area contributed by atoms with Gasteiger partial charge in [-0.2, -0.15) is 0 Å². The van der Waals surface area contributed by atoms with E-state index in [0.29, 0.717) is 0 Å². The maximum Gasteiger partial charge on any atom is 0.144 e. The number of rotatable bonds is 4. The fourth-order valence-electron chi connectivity index (χ4n) is 1.12. The number of nitrogens with one attached hydrogen (secondary N) is 1. The largest absolute Gasteiger partial charge is 0.348 e. The van der Waals surface area contributed by atoms with Gasteiger partial charge in [-0.1, -0.05) is 25.7 Å². The number of carbonyl (C=O) groups is 1. The Morgan fingerprint density at radius 2 is 2.13 bits per heavy atom. The predicted molar refractivity (Wildman–Crippen MR) is 65.4 cm³/mol. The number of aromatic nitrogens is 1. The van der Waals surface area contributed by atoms with Crippen LogP contribution < -0.4 is 5.32 Å². The van der Waals surface area contributed by atoms with E-state index >= 15 is 0 Å². The second-order valence-corrected chi connectivity index (χ2v) is 9.35. The van der Waals surface area contributed by atoms with Crippen LogP contribution in [0.25, 0.3) is 0 Å². The van der Waals surface area contributed by atoms with Crippen molar-refractivity contribution in [3.8, 4) is 0 Å². The molecule has 0 saturated carbocycles. The summed E-state index contributed by atoms with van der Waals surface area (Å²) in [5.41, 5.74) is 0. The minimum Gasteiger partial charge on any atom is -0.348 e.